The van der Waals surface area contributed by atoms with E-state index in [1.54, 1.807) is 5.57 Å². The van der Waals surface area contributed by atoms with E-state index in [2.05, 4.69) is 31.3 Å². The predicted molar refractivity (Wildman–Crippen MR) is 58.9 cm³/mol. The van der Waals surface area contributed by atoms with Gasteiger partial charge in [0.25, 0.3) is 0 Å². The maximum Gasteiger partial charge on any atom is 0.0337 e. The van der Waals surface area contributed by atoms with Gasteiger partial charge in [-0.2, -0.15) is 0 Å². The Hall–Kier alpha value is -0.720. The molecule has 2 unspecified atom stereocenters. The van der Waals surface area contributed by atoms with Crippen molar-refractivity contribution >= 4 is 0 Å². The topological polar surface area (TPSA) is 12.0 Å². The predicted octanol–water partition coefficient (Wildman–Crippen LogP) is 3.00. The molecule has 1 heteroatoms. The summed E-state index contributed by atoms with van der Waals surface area (Å²) in [4.78, 5) is 0. The van der Waals surface area contributed by atoms with E-state index in [-0.39, 0.29) is 0 Å². The highest BCUT2D eigenvalue weighted by Crippen LogP contribution is 2.63. The van der Waals surface area contributed by atoms with Crippen molar-refractivity contribution in [3.8, 4) is 0 Å². The number of allylic oxidation sites excluding steroid dienone is 3. The lowest BCUT2D eigenvalue weighted by Crippen LogP contribution is -2.35. The molecule has 0 aromatic heterocycles. The van der Waals surface area contributed by atoms with Crippen molar-refractivity contribution in [2.24, 2.45) is 10.8 Å². The number of nitrogens with one attached hydrogen (secondary N) is 1. The van der Waals surface area contributed by atoms with E-state index in [0.717, 1.165) is 6.54 Å². The van der Waals surface area contributed by atoms with E-state index in [9.17, 15) is 0 Å². The van der Waals surface area contributed by atoms with Crippen LogP contribution in [0.4, 0.5) is 0 Å². The molecule has 76 valence electrons. The quantitative estimate of drug-likeness (QED) is 0.578. The summed E-state index contributed by atoms with van der Waals surface area (Å²) in [6.45, 7) is 6.06. The molecule has 0 amide bonds. The molecule has 1 nitrogen and oxygen atoms in total. The molecule has 3 aliphatic rings. The highest BCUT2D eigenvalue weighted by molar-refractivity contribution is 5.41. The Labute approximate surface area is 86.3 Å². The van der Waals surface area contributed by atoms with E-state index < -0.39 is 0 Å². The average Bonchev–Trinajstić information content (AvgIpc) is 2.49. The molecular formula is C13H19N. The van der Waals surface area contributed by atoms with Crippen LogP contribution in [0.3, 0.4) is 0 Å². The first kappa shape index (κ1) is 8.58. The monoisotopic (exact) mass is 189 g/mol. The minimum absolute atomic E-state index is 0.351. The Morgan fingerprint density at radius 2 is 2.00 bits per heavy atom. The molecule has 2 atom stereocenters. The molecule has 0 aromatic carbocycles. The third kappa shape index (κ3) is 0.773. The summed E-state index contributed by atoms with van der Waals surface area (Å²) >= 11 is 0. The van der Waals surface area contributed by atoms with Crippen molar-refractivity contribution < 1.29 is 0 Å². The number of rotatable bonds is 0. The average molecular weight is 189 g/mol. The third-order valence-electron chi connectivity index (χ3n) is 4.88. The van der Waals surface area contributed by atoms with Crippen LogP contribution in [-0.2, 0) is 0 Å². The van der Waals surface area contributed by atoms with Gasteiger partial charge in [-0.1, -0.05) is 24.6 Å². The molecule has 0 saturated carbocycles. The Balaban J connectivity index is 2.14. The van der Waals surface area contributed by atoms with Crippen LogP contribution in [-0.4, -0.2) is 6.54 Å². The molecule has 2 aliphatic carbocycles. The molecule has 1 N–H and O–H groups in total. The highest BCUT2D eigenvalue weighted by Gasteiger charge is 2.55. The zero-order valence-corrected chi connectivity index (χ0v) is 9.19. The zero-order valence-electron chi connectivity index (χ0n) is 9.19. The summed E-state index contributed by atoms with van der Waals surface area (Å²) in [7, 11) is 0. The van der Waals surface area contributed by atoms with Gasteiger partial charge in [0.1, 0.15) is 0 Å². The lowest BCUT2D eigenvalue weighted by atomic mass is 9.65. The smallest absolute Gasteiger partial charge is 0.0337 e. The van der Waals surface area contributed by atoms with Gasteiger partial charge in [0, 0.05) is 17.7 Å². The first-order chi connectivity index (χ1) is 6.67. The summed E-state index contributed by atoms with van der Waals surface area (Å²) in [5.41, 5.74) is 4.05. The Morgan fingerprint density at radius 3 is 2.86 bits per heavy atom. The molecular weight excluding hydrogens is 170 g/mol. The van der Waals surface area contributed by atoms with Gasteiger partial charge in [-0.15, -0.1) is 0 Å². The molecule has 0 spiro atoms. The van der Waals surface area contributed by atoms with Crippen molar-refractivity contribution in [1.29, 1.82) is 0 Å². The summed E-state index contributed by atoms with van der Waals surface area (Å²) in [5, 5.41) is 3.63. The maximum atomic E-state index is 3.63. The lowest BCUT2D eigenvalue weighted by molar-refractivity contribution is 0.191. The minimum atomic E-state index is 0.351. The fourth-order valence-electron chi connectivity index (χ4n) is 3.56. The van der Waals surface area contributed by atoms with Gasteiger partial charge < -0.3 is 5.32 Å². The minimum Gasteiger partial charge on any atom is -0.388 e. The molecule has 1 fully saturated rings. The Kier molecular flexibility index (Phi) is 1.50. The zero-order chi connectivity index (χ0) is 9.81. The summed E-state index contributed by atoms with van der Waals surface area (Å²) in [6, 6.07) is 0. The van der Waals surface area contributed by atoms with Gasteiger partial charge in [-0.25, -0.2) is 0 Å². The van der Waals surface area contributed by atoms with Gasteiger partial charge >= 0.3 is 0 Å². The second-order valence-electron chi connectivity index (χ2n) is 5.47. The largest absolute Gasteiger partial charge is 0.388 e. The molecule has 14 heavy (non-hydrogen) atoms. The Morgan fingerprint density at radius 1 is 1.21 bits per heavy atom. The summed E-state index contributed by atoms with van der Waals surface area (Å²) in [6.07, 6.45) is 10.1. The first-order valence-electron chi connectivity index (χ1n) is 5.81. The molecule has 0 aromatic rings. The van der Waals surface area contributed by atoms with Crippen LogP contribution in [0.2, 0.25) is 0 Å². The fraction of sp³-hybridized carbons (Fsp3) is 0.692. The van der Waals surface area contributed by atoms with Gasteiger partial charge in [0.2, 0.25) is 0 Å². The van der Waals surface area contributed by atoms with Gasteiger partial charge in [0.05, 0.1) is 0 Å². The van der Waals surface area contributed by atoms with E-state index in [4.69, 9.17) is 0 Å². The molecule has 1 heterocycles. The normalized spacial score (nSPS) is 45.0. The van der Waals surface area contributed by atoms with Crippen molar-refractivity contribution in [1.82, 2.24) is 5.32 Å². The van der Waals surface area contributed by atoms with Crippen LogP contribution in [0.1, 0.15) is 39.5 Å². The second-order valence-corrected chi connectivity index (χ2v) is 5.47. The van der Waals surface area contributed by atoms with Crippen molar-refractivity contribution in [2.45, 2.75) is 39.5 Å². The maximum absolute atomic E-state index is 3.63. The number of hydrogen-bond donors (Lipinski definition) is 1. The van der Waals surface area contributed by atoms with Crippen LogP contribution in [0.25, 0.3) is 0 Å². The van der Waals surface area contributed by atoms with Crippen molar-refractivity contribution in [2.75, 3.05) is 6.54 Å². The van der Waals surface area contributed by atoms with Gasteiger partial charge in [0.15, 0.2) is 0 Å². The molecule has 0 bridgehead atoms. The first-order valence-corrected chi connectivity index (χ1v) is 5.81. The lowest BCUT2D eigenvalue weighted by Gasteiger charge is -2.39. The molecule has 1 saturated heterocycles. The molecule has 3 rings (SSSR count). The fourth-order valence-corrected chi connectivity index (χ4v) is 3.56. The van der Waals surface area contributed by atoms with Gasteiger partial charge in [-0.05, 0) is 38.0 Å². The molecule has 0 radical (unpaired) electrons. The van der Waals surface area contributed by atoms with Crippen LogP contribution in [0, 0.1) is 10.8 Å². The van der Waals surface area contributed by atoms with Crippen LogP contribution in [0.15, 0.2) is 23.4 Å². The van der Waals surface area contributed by atoms with Gasteiger partial charge in [-0.3, -0.25) is 0 Å². The van der Waals surface area contributed by atoms with E-state index in [0.29, 0.717) is 10.8 Å². The van der Waals surface area contributed by atoms with Crippen LogP contribution in [0.5, 0.6) is 0 Å². The van der Waals surface area contributed by atoms with Crippen molar-refractivity contribution in [3.63, 3.8) is 0 Å². The van der Waals surface area contributed by atoms with Crippen molar-refractivity contribution in [3.05, 3.63) is 23.4 Å². The van der Waals surface area contributed by atoms with E-state index in [1.807, 2.05) is 0 Å². The summed E-state index contributed by atoms with van der Waals surface area (Å²) < 4.78 is 0. The number of hydrogen-bond acceptors (Lipinski definition) is 1. The van der Waals surface area contributed by atoms with Crippen LogP contribution >= 0.6 is 0 Å². The summed E-state index contributed by atoms with van der Waals surface area (Å²) in [5.74, 6) is 0. The SMILES string of the molecule is CC12CC=C3CCCNC(=CC1)C32C. The van der Waals surface area contributed by atoms with E-state index in [1.165, 1.54) is 31.4 Å². The molecule has 1 aliphatic heterocycles. The second kappa shape index (κ2) is 2.44. The third-order valence-corrected chi connectivity index (χ3v) is 4.88. The van der Waals surface area contributed by atoms with Crippen LogP contribution < -0.4 is 5.32 Å². The Bertz CT molecular complexity index is 309. The highest BCUT2D eigenvalue weighted by atomic mass is 14.9. The standard InChI is InChI=1S/C13H19N/c1-12-7-5-10-4-3-9-14-11(6-8-12)13(10,12)2/h5-6,14H,3-4,7-9H2,1-2H3. The van der Waals surface area contributed by atoms with E-state index >= 15 is 0 Å².